The van der Waals surface area contributed by atoms with E-state index in [1.165, 1.54) is 12.5 Å². The molecule has 0 unspecified atom stereocenters. The fraction of sp³-hybridized carbons (Fsp3) is 0.611. The molecule has 3 rings (SSSR count). The maximum Gasteiger partial charge on any atom is 0.225 e. The summed E-state index contributed by atoms with van der Waals surface area (Å²) in [7, 11) is 1.60. The Kier molecular flexibility index (Phi) is 4.65. The van der Waals surface area contributed by atoms with E-state index in [0.717, 1.165) is 50.8 Å². The zero-order chi connectivity index (χ0) is 15.5. The molecule has 0 radical (unpaired) electrons. The van der Waals surface area contributed by atoms with E-state index in [-0.39, 0.29) is 11.7 Å². The average Bonchev–Trinajstić information content (AvgIpc) is 2.48. The molecule has 1 aromatic carbocycles. The van der Waals surface area contributed by atoms with Gasteiger partial charge in [-0.1, -0.05) is 6.42 Å². The molecule has 4 heteroatoms. The van der Waals surface area contributed by atoms with Crippen LogP contribution in [0.15, 0.2) is 18.2 Å². The Labute approximate surface area is 131 Å². The largest absolute Gasteiger partial charge is 0.497 e. The van der Waals surface area contributed by atoms with Gasteiger partial charge in [-0.05, 0) is 61.8 Å². The lowest BCUT2D eigenvalue weighted by molar-refractivity contribution is -0.139. The van der Waals surface area contributed by atoms with Crippen molar-refractivity contribution in [1.82, 2.24) is 4.90 Å². The van der Waals surface area contributed by atoms with E-state index >= 15 is 0 Å². The van der Waals surface area contributed by atoms with E-state index in [2.05, 4.69) is 0 Å². The van der Waals surface area contributed by atoms with Gasteiger partial charge in [0.15, 0.2) is 0 Å². The van der Waals surface area contributed by atoms with Crippen LogP contribution in [0.4, 0.5) is 4.39 Å². The maximum absolute atomic E-state index is 13.9. The van der Waals surface area contributed by atoms with Crippen molar-refractivity contribution < 1.29 is 13.9 Å². The normalized spacial score (nSPS) is 19.8. The first-order valence-electron chi connectivity index (χ1n) is 8.28. The number of rotatable bonds is 4. The van der Waals surface area contributed by atoms with Crippen LogP contribution in [0.5, 0.6) is 5.75 Å². The number of carbonyl (C=O) groups is 1. The molecule has 1 amide bonds. The van der Waals surface area contributed by atoms with E-state index in [0.29, 0.717) is 17.6 Å². The molecule has 2 aliphatic rings. The highest BCUT2D eigenvalue weighted by molar-refractivity contribution is 5.79. The Morgan fingerprint density at radius 2 is 2.00 bits per heavy atom. The molecule has 2 fully saturated rings. The number of ether oxygens (including phenoxy) is 1. The van der Waals surface area contributed by atoms with Gasteiger partial charge >= 0.3 is 0 Å². The molecule has 120 valence electrons. The standard InChI is InChI=1S/C18H24FNO2/c1-22-16-5-6-17(19)15(12-16)11-13-7-9-20(10-8-13)18(21)14-3-2-4-14/h5-6,12-14H,2-4,7-11H2,1H3. The predicted octanol–water partition coefficient (Wildman–Crippen LogP) is 3.42. The van der Waals surface area contributed by atoms with Crippen molar-refractivity contribution in [2.75, 3.05) is 20.2 Å². The summed E-state index contributed by atoms with van der Waals surface area (Å²) in [5, 5.41) is 0. The zero-order valence-corrected chi connectivity index (χ0v) is 13.2. The highest BCUT2D eigenvalue weighted by Gasteiger charge is 2.31. The first-order chi connectivity index (χ1) is 10.7. The minimum atomic E-state index is -0.159. The van der Waals surface area contributed by atoms with Crippen LogP contribution in [0.25, 0.3) is 0 Å². The van der Waals surface area contributed by atoms with E-state index in [9.17, 15) is 9.18 Å². The molecule has 1 saturated carbocycles. The van der Waals surface area contributed by atoms with E-state index in [1.807, 2.05) is 4.90 Å². The van der Waals surface area contributed by atoms with Gasteiger partial charge < -0.3 is 9.64 Å². The number of halogens is 1. The Morgan fingerprint density at radius 1 is 1.27 bits per heavy atom. The Bertz CT molecular complexity index is 534. The number of methoxy groups -OCH3 is 1. The molecule has 0 aromatic heterocycles. The van der Waals surface area contributed by atoms with E-state index in [4.69, 9.17) is 4.74 Å². The topological polar surface area (TPSA) is 29.5 Å². The van der Waals surface area contributed by atoms with Crippen LogP contribution in [-0.4, -0.2) is 31.0 Å². The zero-order valence-electron chi connectivity index (χ0n) is 13.2. The van der Waals surface area contributed by atoms with Gasteiger partial charge in [-0.15, -0.1) is 0 Å². The van der Waals surface area contributed by atoms with Gasteiger partial charge in [0.1, 0.15) is 11.6 Å². The maximum atomic E-state index is 13.9. The van der Waals surface area contributed by atoms with Gasteiger partial charge in [0.05, 0.1) is 7.11 Å². The SMILES string of the molecule is COc1ccc(F)c(CC2CCN(C(=O)C3CCC3)CC2)c1. The van der Waals surface area contributed by atoms with Gasteiger partial charge in [0.25, 0.3) is 0 Å². The second-order valence-electron chi connectivity index (χ2n) is 6.56. The van der Waals surface area contributed by atoms with Crippen LogP contribution in [0.1, 0.15) is 37.7 Å². The third kappa shape index (κ3) is 3.26. The number of likely N-dealkylation sites (tertiary alicyclic amines) is 1. The molecule has 0 spiro atoms. The number of benzene rings is 1. The molecule has 1 aliphatic heterocycles. The number of carbonyl (C=O) groups excluding carboxylic acids is 1. The molecule has 22 heavy (non-hydrogen) atoms. The number of piperidine rings is 1. The molecule has 0 atom stereocenters. The first kappa shape index (κ1) is 15.3. The van der Waals surface area contributed by atoms with Crippen molar-refractivity contribution in [2.45, 2.75) is 38.5 Å². The summed E-state index contributed by atoms with van der Waals surface area (Å²) in [6.07, 6.45) is 5.99. The van der Waals surface area contributed by atoms with E-state index < -0.39 is 0 Å². The first-order valence-corrected chi connectivity index (χ1v) is 8.28. The summed E-state index contributed by atoms with van der Waals surface area (Å²) in [6, 6.07) is 4.92. The third-order valence-electron chi connectivity index (χ3n) is 5.14. The summed E-state index contributed by atoms with van der Waals surface area (Å²) < 4.78 is 19.1. The summed E-state index contributed by atoms with van der Waals surface area (Å²) in [4.78, 5) is 14.2. The number of hydrogen-bond donors (Lipinski definition) is 0. The molecule has 1 aromatic rings. The van der Waals surface area contributed by atoms with Crippen LogP contribution in [0.3, 0.4) is 0 Å². The smallest absolute Gasteiger partial charge is 0.225 e. The highest BCUT2D eigenvalue weighted by Crippen LogP contribution is 2.31. The minimum absolute atomic E-state index is 0.159. The molecule has 1 aliphatic carbocycles. The van der Waals surface area contributed by atoms with Gasteiger partial charge in [0, 0.05) is 19.0 Å². The van der Waals surface area contributed by atoms with Crippen LogP contribution >= 0.6 is 0 Å². The fourth-order valence-electron chi connectivity index (χ4n) is 3.42. The summed E-state index contributed by atoms with van der Waals surface area (Å²) >= 11 is 0. The minimum Gasteiger partial charge on any atom is -0.497 e. The second-order valence-corrected chi connectivity index (χ2v) is 6.56. The Morgan fingerprint density at radius 3 is 2.59 bits per heavy atom. The van der Waals surface area contributed by atoms with Gasteiger partial charge in [-0.2, -0.15) is 0 Å². The lowest BCUT2D eigenvalue weighted by Gasteiger charge is -2.36. The lowest BCUT2D eigenvalue weighted by Crippen LogP contribution is -2.43. The number of nitrogens with zero attached hydrogens (tertiary/aromatic N) is 1. The van der Waals surface area contributed by atoms with Crippen LogP contribution < -0.4 is 4.74 Å². The van der Waals surface area contributed by atoms with Crippen LogP contribution in [-0.2, 0) is 11.2 Å². The number of amides is 1. The molecule has 1 heterocycles. The van der Waals surface area contributed by atoms with Gasteiger partial charge in [-0.25, -0.2) is 4.39 Å². The third-order valence-corrected chi connectivity index (χ3v) is 5.14. The molecular formula is C18H24FNO2. The Hall–Kier alpha value is -1.58. The molecule has 0 N–H and O–H groups in total. The molecule has 0 bridgehead atoms. The summed E-state index contributed by atoms with van der Waals surface area (Å²) in [5.74, 6) is 1.62. The van der Waals surface area contributed by atoms with Crippen molar-refractivity contribution in [2.24, 2.45) is 11.8 Å². The second kappa shape index (κ2) is 6.67. The lowest BCUT2D eigenvalue weighted by atomic mass is 9.83. The van der Waals surface area contributed by atoms with Crippen molar-refractivity contribution in [3.63, 3.8) is 0 Å². The monoisotopic (exact) mass is 305 g/mol. The summed E-state index contributed by atoms with van der Waals surface area (Å²) in [5.41, 5.74) is 0.725. The Balaban J connectivity index is 1.54. The van der Waals surface area contributed by atoms with Gasteiger partial charge in [0.2, 0.25) is 5.91 Å². The van der Waals surface area contributed by atoms with Crippen molar-refractivity contribution in [1.29, 1.82) is 0 Å². The average molecular weight is 305 g/mol. The summed E-state index contributed by atoms with van der Waals surface area (Å²) in [6.45, 7) is 1.65. The van der Waals surface area contributed by atoms with Gasteiger partial charge in [-0.3, -0.25) is 4.79 Å². The highest BCUT2D eigenvalue weighted by atomic mass is 19.1. The van der Waals surface area contributed by atoms with Crippen LogP contribution in [0, 0.1) is 17.7 Å². The van der Waals surface area contributed by atoms with Crippen molar-refractivity contribution >= 4 is 5.91 Å². The molecular weight excluding hydrogens is 281 g/mol. The fourth-order valence-corrected chi connectivity index (χ4v) is 3.42. The van der Waals surface area contributed by atoms with Crippen molar-refractivity contribution in [3.8, 4) is 5.75 Å². The molecule has 1 saturated heterocycles. The van der Waals surface area contributed by atoms with Crippen LogP contribution in [0.2, 0.25) is 0 Å². The predicted molar refractivity (Wildman–Crippen MR) is 83.3 cm³/mol. The van der Waals surface area contributed by atoms with Crippen molar-refractivity contribution in [3.05, 3.63) is 29.6 Å². The quantitative estimate of drug-likeness (QED) is 0.853. The van der Waals surface area contributed by atoms with E-state index in [1.54, 1.807) is 19.2 Å². The number of hydrogen-bond acceptors (Lipinski definition) is 2. The molecule has 3 nitrogen and oxygen atoms in total.